The molecule has 0 heterocycles. The fraction of sp³-hybridized carbons (Fsp3) is 0.538. The molecule has 0 radical (unpaired) electrons. The van der Waals surface area contributed by atoms with E-state index in [1.165, 1.54) is 11.8 Å². The lowest BCUT2D eigenvalue weighted by Gasteiger charge is -2.08. The zero-order chi connectivity index (χ0) is 14.1. The molecule has 6 heteroatoms. The van der Waals surface area contributed by atoms with Crippen molar-refractivity contribution < 1.29 is 8.42 Å². The maximum atomic E-state index is 11.9. The third-order valence-corrected chi connectivity index (χ3v) is 6.10. The number of thioether (sulfide) groups is 1. The molecule has 19 heavy (non-hydrogen) atoms. The Bertz CT molecular complexity index is 556. The molecule has 4 nitrogen and oxygen atoms in total. The lowest BCUT2D eigenvalue weighted by Crippen LogP contribution is -2.31. The molecule has 0 aliphatic heterocycles. The Labute approximate surface area is 119 Å². The highest BCUT2D eigenvalue weighted by Crippen LogP contribution is 2.44. The van der Waals surface area contributed by atoms with Gasteiger partial charge in [-0.2, -0.15) is 0 Å². The lowest BCUT2D eigenvalue weighted by molar-refractivity contribution is 0.556. The van der Waals surface area contributed by atoms with Gasteiger partial charge in [0.05, 0.1) is 5.75 Å². The zero-order valence-electron chi connectivity index (χ0n) is 11.2. The van der Waals surface area contributed by atoms with Gasteiger partial charge in [0.2, 0.25) is 10.0 Å². The van der Waals surface area contributed by atoms with Gasteiger partial charge in [-0.15, -0.1) is 11.8 Å². The van der Waals surface area contributed by atoms with Gasteiger partial charge in [0.1, 0.15) is 0 Å². The van der Waals surface area contributed by atoms with Crippen molar-refractivity contribution >= 4 is 27.5 Å². The van der Waals surface area contributed by atoms with E-state index in [-0.39, 0.29) is 17.2 Å². The summed E-state index contributed by atoms with van der Waals surface area (Å²) in [7, 11) is -3.18. The summed E-state index contributed by atoms with van der Waals surface area (Å²) in [6, 6.07) is 7.60. The molecule has 1 fully saturated rings. The summed E-state index contributed by atoms with van der Waals surface area (Å²) in [5, 5.41) is 0. The van der Waals surface area contributed by atoms with Gasteiger partial charge in [0.25, 0.3) is 0 Å². The molecular formula is C13H20N2O2S2. The largest absolute Gasteiger partial charge is 0.398 e. The van der Waals surface area contributed by atoms with Crippen LogP contribution in [-0.4, -0.2) is 26.0 Å². The summed E-state index contributed by atoms with van der Waals surface area (Å²) in [4.78, 5) is 0.935. The van der Waals surface area contributed by atoms with Gasteiger partial charge >= 0.3 is 0 Å². The van der Waals surface area contributed by atoms with Crippen molar-refractivity contribution in [2.45, 2.75) is 31.2 Å². The second-order valence-corrected chi connectivity index (χ2v) is 8.58. The first kappa shape index (κ1) is 14.7. The van der Waals surface area contributed by atoms with E-state index in [9.17, 15) is 8.42 Å². The molecule has 0 amide bonds. The van der Waals surface area contributed by atoms with Crippen LogP contribution in [-0.2, 0) is 10.0 Å². The molecule has 1 aromatic carbocycles. The van der Waals surface area contributed by atoms with E-state index in [2.05, 4.69) is 18.6 Å². The number of para-hydroxylation sites is 1. The lowest BCUT2D eigenvalue weighted by atomic mass is 10.2. The monoisotopic (exact) mass is 300 g/mol. The van der Waals surface area contributed by atoms with E-state index in [0.717, 1.165) is 11.3 Å². The highest BCUT2D eigenvalue weighted by Gasteiger charge is 2.47. The van der Waals surface area contributed by atoms with Gasteiger partial charge in [0, 0.05) is 22.4 Å². The van der Waals surface area contributed by atoms with Gasteiger partial charge in [-0.1, -0.05) is 26.0 Å². The number of rotatable bonds is 6. The third-order valence-electron chi connectivity index (χ3n) is 3.36. The molecule has 2 rings (SSSR count). The molecule has 3 N–H and O–H groups in total. The summed E-state index contributed by atoms with van der Waals surface area (Å²) in [6.45, 7) is 4.14. The van der Waals surface area contributed by atoms with Crippen LogP contribution in [0.15, 0.2) is 29.2 Å². The van der Waals surface area contributed by atoms with Gasteiger partial charge in [0.15, 0.2) is 0 Å². The summed E-state index contributed by atoms with van der Waals surface area (Å²) in [6.07, 6.45) is 0.922. The van der Waals surface area contributed by atoms with E-state index < -0.39 is 10.0 Å². The van der Waals surface area contributed by atoms with Crippen LogP contribution in [0.2, 0.25) is 0 Å². The van der Waals surface area contributed by atoms with E-state index in [0.29, 0.717) is 11.4 Å². The number of benzene rings is 1. The molecule has 1 saturated carbocycles. The van der Waals surface area contributed by atoms with Crippen LogP contribution in [0.25, 0.3) is 0 Å². The Morgan fingerprint density at radius 1 is 1.42 bits per heavy atom. The second kappa shape index (κ2) is 5.34. The number of nitrogen functional groups attached to an aromatic ring is 1. The summed E-state index contributed by atoms with van der Waals surface area (Å²) >= 11 is 1.48. The van der Waals surface area contributed by atoms with Crippen LogP contribution in [0.1, 0.15) is 20.3 Å². The fourth-order valence-electron chi connectivity index (χ4n) is 1.82. The van der Waals surface area contributed by atoms with Crippen LogP contribution in [0.5, 0.6) is 0 Å². The highest BCUT2D eigenvalue weighted by atomic mass is 32.2. The smallest absolute Gasteiger partial charge is 0.212 e. The van der Waals surface area contributed by atoms with Crippen molar-refractivity contribution in [3.05, 3.63) is 24.3 Å². The molecule has 1 atom stereocenters. The maximum Gasteiger partial charge on any atom is 0.212 e. The van der Waals surface area contributed by atoms with Crippen molar-refractivity contribution in [3.63, 3.8) is 0 Å². The van der Waals surface area contributed by atoms with Gasteiger partial charge in [-0.25, -0.2) is 13.1 Å². The Hall–Kier alpha value is -0.720. The number of anilines is 1. The molecule has 0 spiro atoms. The minimum atomic E-state index is -3.18. The van der Waals surface area contributed by atoms with Crippen molar-refractivity contribution in [1.82, 2.24) is 4.72 Å². The molecule has 0 aromatic heterocycles. The van der Waals surface area contributed by atoms with Crippen LogP contribution in [0.4, 0.5) is 5.69 Å². The SMILES string of the molecule is CC1(C)CC1NS(=O)(=O)CCSc1ccccc1N. The Kier molecular flexibility index (Phi) is 4.13. The number of hydrogen-bond donors (Lipinski definition) is 2. The average molecular weight is 300 g/mol. The van der Waals surface area contributed by atoms with Crippen LogP contribution < -0.4 is 10.5 Å². The average Bonchev–Trinajstić information content (AvgIpc) is 2.87. The number of nitrogens with one attached hydrogen (secondary N) is 1. The summed E-state index contributed by atoms with van der Waals surface area (Å²) in [5.41, 5.74) is 6.62. The predicted molar refractivity (Wildman–Crippen MR) is 80.7 cm³/mol. The van der Waals surface area contributed by atoms with Crippen molar-refractivity contribution in [1.29, 1.82) is 0 Å². The normalized spacial score (nSPS) is 21.3. The summed E-state index contributed by atoms with van der Waals surface area (Å²) in [5.74, 6) is 0.634. The standard InChI is InChI=1S/C13H20N2O2S2/c1-13(2)9-12(13)15-19(16,17)8-7-18-11-6-4-3-5-10(11)14/h3-6,12,15H,7-9,14H2,1-2H3. The molecule has 1 aliphatic carbocycles. The molecule has 1 aliphatic rings. The minimum Gasteiger partial charge on any atom is -0.398 e. The molecule has 0 saturated heterocycles. The number of hydrogen-bond acceptors (Lipinski definition) is 4. The van der Waals surface area contributed by atoms with Crippen molar-refractivity contribution in [2.75, 3.05) is 17.2 Å². The molecule has 1 unspecified atom stereocenters. The predicted octanol–water partition coefficient (Wildman–Crippen LogP) is 2.08. The second-order valence-electron chi connectivity index (χ2n) is 5.57. The molecular weight excluding hydrogens is 280 g/mol. The molecule has 1 aromatic rings. The van der Waals surface area contributed by atoms with Gasteiger partial charge in [-0.05, 0) is 24.0 Å². The summed E-state index contributed by atoms with van der Waals surface area (Å²) < 4.78 is 26.5. The van der Waals surface area contributed by atoms with Gasteiger partial charge in [-0.3, -0.25) is 0 Å². The quantitative estimate of drug-likeness (QED) is 0.623. The Balaban J connectivity index is 1.81. The van der Waals surface area contributed by atoms with Gasteiger partial charge < -0.3 is 5.73 Å². The van der Waals surface area contributed by atoms with E-state index in [1.807, 2.05) is 24.3 Å². The number of sulfonamides is 1. The fourth-order valence-corrected chi connectivity index (χ4v) is 4.61. The first-order chi connectivity index (χ1) is 8.80. The van der Waals surface area contributed by atoms with E-state index >= 15 is 0 Å². The maximum absolute atomic E-state index is 11.9. The van der Waals surface area contributed by atoms with Crippen molar-refractivity contribution in [3.8, 4) is 0 Å². The minimum absolute atomic E-state index is 0.101. The third kappa shape index (κ3) is 4.12. The molecule has 106 valence electrons. The van der Waals surface area contributed by atoms with Crippen LogP contribution in [0.3, 0.4) is 0 Å². The van der Waals surface area contributed by atoms with E-state index in [1.54, 1.807) is 0 Å². The number of nitrogens with two attached hydrogens (primary N) is 1. The molecule has 0 bridgehead atoms. The Morgan fingerprint density at radius 2 is 2.05 bits per heavy atom. The Morgan fingerprint density at radius 3 is 2.63 bits per heavy atom. The van der Waals surface area contributed by atoms with Crippen LogP contribution >= 0.6 is 11.8 Å². The van der Waals surface area contributed by atoms with Crippen molar-refractivity contribution in [2.24, 2.45) is 5.41 Å². The van der Waals surface area contributed by atoms with Crippen LogP contribution in [0, 0.1) is 5.41 Å². The zero-order valence-corrected chi connectivity index (χ0v) is 12.9. The first-order valence-corrected chi connectivity index (χ1v) is 8.91. The highest BCUT2D eigenvalue weighted by molar-refractivity contribution is 8.00. The first-order valence-electron chi connectivity index (χ1n) is 6.27. The van der Waals surface area contributed by atoms with E-state index in [4.69, 9.17) is 5.73 Å². The topological polar surface area (TPSA) is 72.2 Å².